The van der Waals surface area contributed by atoms with Gasteiger partial charge in [-0.25, -0.2) is 0 Å². The number of nitrogens with zero attached hydrogens (tertiary/aromatic N) is 2. The molecule has 1 saturated heterocycles. The highest BCUT2D eigenvalue weighted by Gasteiger charge is 2.29. The third-order valence-electron chi connectivity index (χ3n) is 4.86. The van der Waals surface area contributed by atoms with Crippen molar-refractivity contribution >= 4 is 12.2 Å². The number of esters is 1. The number of hydrogen-bond donors (Lipinski definition) is 1. The van der Waals surface area contributed by atoms with Gasteiger partial charge >= 0.3 is 5.97 Å². The minimum Gasteiger partial charge on any atom is -0.462 e. The summed E-state index contributed by atoms with van der Waals surface area (Å²) in [6, 6.07) is 12.2. The lowest BCUT2D eigenvalue weighted by Crippen LogP contribution is -2.28. The third kappa shape index (κ3) is 5.15. The molecule has 1 aromatic carbocycles. The second-order valence-corrected chi connectivity index (χ2v) is 6.80. The normalized spacial score (nSPS) is 20.2. The van der Waals surface area contributed by atoms with E-state index in [0.717, 1.165) is 43.2 Å². The number of aryl methyl sites for hydroxylation is 1. The van der Waals surface area contributed by atoms with E-state index in [9.17, 15) is 4.79 Å². The predicted molar refractivity (Wildman–Crippen MR) is 102 cm³/mol. The Morgan fingerprint density at radius 2 is 2.08 bits per heavy atom. The molecule has 2 aromatic rings. The van der Waals surface area contributed by atoms with Crippen molar-refractivity contribution in [2.75, 3.05) is 0 Å². The highest BCUT2D eigenvalue weighted by Crippen LogP contribution is 2.32. The first-order valence-electron chi connectivity index (χ1n) is 9.16. The van der Waals surface area contributed by atoms with Gasteiger partial charge in [-0.05, 0) is 60.8 Å². The van der Waals surface area contributed by atoms with Gasteiger partial charge in [0.1, 0.15) is 6.10 Å². The average Bonchev–Trinajstić information content (AvgIpc) is 2.67. The first-order chi connectivity index (χ1) is 12.7. The molecule has 26 heavy (non-hydrogen) atoms. The lowest BCUT2D eigenvalue weighted by atomic mass is 9.87. The topological polar surface area (TPSA) is 77.6 Å². The molecular formula is C21H25N3O2. The standard InChI is InChI=1S/C21H25N3O2/c22-24-14-17-9-7-16(8-10-17)4-1-2-6-20-12-19(13-21(25)26-20)18-5-3-11-23-15-18/h3,5,7-11,14-15,19-20H,1-2,4,6,12-13,22H2/t19-,20+/m0/s1. The number of benzene rings is 1. The molecule has 0 aliphatic carbocycles. The van der Waals surface area contributed by atoms with Crippen molar-refractivity contribution in [1.29, 1.82) is 0 Å². The van der Waals surface area contributed by atoms with Crippen molar-refractivity contribution in [3.05, 3.63) is 65.5 Å². The second-order valence-electron chi connectivity index (χ2n) is 6.80. The molecule has 5 nitrogen and oxygen atoms in total. The predicted octanol–water partition coefficient (Wildman–Crippen LogP) is 3.58. The van der Waals surface area contributed by atoms with Gasteiger partial charge in [0.15, 0.2) is 0 Å². The van der Waals surface area contributed by atoms with Gasteiger partial charge in [-0.3, -0.25) is 9.78 Å². The molecule has 0 spiro atoms. The molecule has 0 bridgehead atoms. The van der Waals surface area contributed by atoms with Crippen LogP contribution in [0.3, 0.4) is 0 Å². The molecular weight excluding hydrogens is 326 g/mol. The molecule has 1 fully saturated rings. The Morgan fingerprint density at radius 3 is 2.81 bits per heavy atom. The van der Waals surface area contributed by atoms with E-state index in [-0.39, 0.29) is 18.0 Å². The number of rotatable bonds is 7. The minimum atomic E-state index is -0.0905. The van der Waals surface area contributed by atoms with E-state index >= 15 is 0 Å². The van der Waals surface area contributed by atoms with Crippen molar-refractivity contribution in [2.45, 2.75) is 50.5 Å². The van der Waals surface area contributed by atoms with Crippen LogP contribution in [0.15, 0.2) is 53.9 Å². The highest BCUT2D eigenvalue weighted by atomic mass is 16.5. The van der Waals surface area contributed by atoms with Gasteiger partial charge in [-0.15, -0.1) is 0 Å². The van der Waals surface area contributed by atoms with Crippen LogP contribution in [0.2, 0.25) is 0 Å². The lowest BCUT2D eigenvalue weighted by Gasteiger charge is -2.29. The van der Waals surface area contributed by atoms with Crippen LogP contribution in [0, 0.1) is 0 Å². The molecule has 1 aliphatic rings. The Balaban J connectivity index is 1.44. The summed E-state index contributed by atoms with van der Waals surface area (Å²) in [5, 5.41) is 3.53. The summed E-state index contributed by atoms with van der Waals surface area (Å²) in [6.45, 7) is 0. The Labute approximate surface area is 154 Å². The molecule has 0 unspecified atom stereocenters. The fraction of sp³-hybridized carbons (Fsp3) is 0.381. The van der Waals surface area contributed by atoms with Crippen LogP contribution in [0.4, 0.5) is 0 Å². The maximum Gasteiger partial charge on any atom is 0.306 e. The molecule has 2 heterocycles. The van der Waals surface area contributed by atoms with E-state index < -0.39 is 0 Å². The van der Waals surface area contributed by atoms with E-state index in [0.29, 0.717) is 6.42 Å². The number of aromatic nitrogens is 1. The zero-order valence-electron chi connectivity index (χ0n) is 14.9. The molecule has 2 atom stereocenters. The SMILES string of the molecule is NN=Cc1ccc(CCCC[C@@H]2C[C@H](c3cccnc3)CC(=O)O2)cc1. The zero-order chi connectivity index (χ0) is 18.2. The van der Waals surface area contributed by atoms with Crippen LogP contribution in [0.25, 0.3) is 0 Å². The summed E-state index contributed by atoms with van der Waals surface area (Å²) in [6.07, 6.45) is 10.7. The number of carbonyl (C=O) groups excluding carboxylic acids is 1. The van der Waals surface area contributed by atoms with Gasteiger partial charge < -0.3 is 10.6 Å². The molecule has 0 saturated carbocycles. The van der Waals surface area contributed by atoms with Crippen LogP contribution in [-0.2, 0) is 16.0 Å². The molecule has 1 aliphatic heterocycles. The number of ether oxygens (including phenoxy) is 1. The Bertz CT molecular complexity index is 729. The lowest BCUT2D eigenvalue weighted by molar-refractivity contribution is -0.155. The van der Waals surface area contributed by atoms with Crippen LogP contribution in [0.1, 0.15) is 54.7 Å². The van der Waals surface area contributed by atoms with Gasteiger partial charge in [-0.1, -0.05) is 30.3 Å². The minimum absolute atomic E-state index is 0.0181. The largest absolute Gasteiger partial charge is 0.462 e. The number of carbonyl (C=O) groups is 1. The van der Waals surface area contributed by atoms with Crippen molar-refractivity contribution < 1.29 is 9.53 Å². The summed E-state index contributed by atoms with van der Waals surface area (Å²) in [5.41, 5.74) is 3.44. The summed E-state index contributed by atoms with van der Waals surface area (Å²) < 4.78 is 5.55. The maximum atomic E-state index is 11.9. The molecule has 5 heteroatoms. The van der Waals surface area contributed by atoms with E-state index in [4.69, 9.17) is 10.6 Å². The van der Waals surface area contributed by atoms with Crippen molar-refractivity contribution in [3.63, 3.8) is 0 Å². The van der Waals surface area contributed by atoms with E-state index in [1.54, 1.807) is 12.4 Å². The fourth-order valence-corrected chi connectivity index (χ4v) is 3.49. The van der Waals surface area contributed by atoms with Crippen LogP contribution < -0.4 is 5.84 Å². The van der Waals surface area contributed by atoms with Gasteiger partial charge in [-0.2, -0.15) is 5.10 Å². The molecule has 1 aromatic heterocycles. The first kappa shape index (κ1) is 18.1. The van der Waals surface area contributed by atoms with Crippen LogP contribution in [0.5, 0.6) is 0 Å². The van der Waals surface area contributed by atoms with Crippen molar-refractivity contribution in [1.82, 2.24) is 4.98 Å². The van der Waals surface area contributed by atoms with E-state index in [2.05, 4.69) is 22.2 Å². The molecule has 3 rings (SSSR count). The number of nitrogens with two attached hydrogens (primary N) is 1. The Kier molecular flexibility index (Phi) is 6.36. The van der Waals surface area contributed by atoms with E-state index in [1.165, 1.54) is 5.56 Å². The monoisotopic (exact) mass is 351 g/mol. The van der Waals surface area contributed by atoms with Gasteiger partial charge in [0, 0.05) is 12.4 Å². The summed E-state index contributed by atoms with van der Waals surface area (Å²) in [7, 11) is 0. The number of hydrazone groups is 1. The number of cyclic esters (lactones) is 1. The van der Waals surface area contributed by atoms with E-state index in [1.807, 2.05) is 30.5 Å². The summed E-state index contributed by atoms with van der Waals surface area (Å²) in [4.78, 5) is 16.1. The van der Waals surface area contributed by atoms with Gasteiger partial charge in [0.05, 0.1) is 12.6 Å². The van der Waals surface area contributed by atoms with Crippen molar-refractivity contribution in [3.8, 4) is 0 Å². The summed E-state index contributed by atoms with van der Waals surface area (Å²) in [5.74, 6) is 5.29. The molecule has 136 valence electrons. The fourth-order valence-electron chi connectivity index (χ4n) is 3.49. The quantitative estimate of drug-likeness (QED) is 0.272. The maximum absolute atomic E-state index is 11.9. The molecule has 2 N–H and O–H groups in total. The number of unbranched alkanes of at least 4 members (excludes halogenated alkanes) is 1. The zero-order valence-corrected chi connectivity index (χ0v) is 14.9. The Morgan fingerprint density at radius 1 is 1.23 bits per heavy atom. The number of pyridine rings is 1. The van der Waals surface area contributed by atoms with Gasteiger partial charge in [0.25, 0.3) is 0 Å². The van der Waals surface area contributed by atoms with Crippen LogP contribution in [-0.4, -0.2) is 23.3 Å². The van der Waals surface area contributed by atoms with Gasteiger partial charge in [0.2, 0.25) is 0 Å². The second kappa shape index (κ2) is 9.13. The average molecular weight is 351 g/mol. The smallest absolute Gasteiger partial charge is 0.306 e. The van der Waals surface area contributed by atoms with Crippen LogP contribution >= 0.6 is 0 Å². The third-order valence-corrected chi connectivity index (χ3v) is 4.86. The molecule has 0 amide bonds. The van der Waals surface area contributed by atoms with Crippen molar-refractivity contribution in [2.24, 2.45) is 10.9 Å². The number of hydrogen-bond acceptors (Lipinski definition) is 5. The highest BCUT2D eigenvalue weighted by molar-refractivity contribution is 5.79. The summed E-state index contributed by atoms with van der Waals surface area (Å²) >= 11 is 0. The Hall–Kier alpha value is -2.69. The molecule has 0 radical (unpaired) electrons. The first-order valence-corrected chi connectivity index (χ1v) is 9.16.